The Morgan fingerprint density at radius 1 is 1.12 bits per heavy atom. The summed E-state index contributed by atoms with van der Waals surface area (Å²) in [6, 6.07) is 18.5. The van der Waals surface area contributed by atoms with Crippen LogP contribution in [-0.4, -0.2) is 23.2 Å². The van der Waals surface area contributed by atoms with Crippen LogP contribution in [0.25, 0.3) is 10.6 Å². The maximum Gasteiger partial charge on any atom is 0.226 e. The van der Waals surface area contributed by atoms with Crippen LogP contribution in [0, 0.1) is 6.92 Å². The molecule has 0 aliphatic heterocycles. The smallest absolute Gasteiger partial charge is 0.226 e. The third kappa shape index (κ3) is 5.44. The number of thiazole rings is 1. The van der Waals surface area contributed by atoms with Gasteiger partial charge in [-0.25, -0.2) is 4.98 Å². The Hall–Kier alpha value is -2.11. The third-order valence-electron chi connectivity index (χ3n) is 3.63. The number of thioether (sulfide) groups is 1. The molecule has 0 radical (unpaired) electrons. The van der Waals surface area contributed by atoms with E-state index in [2.05, 4.69) is 53.6 Å². The van der Waals surface area contributed by atoms with E-state index in [1.807, 2.05) is 23.6 Å². The van der Waals surface area contributed by atoms with Gasteiger partial charge in [-0.15, -0.1) is 23.1 Å². The van der Waals surface area contributed by atoms with Crippen molar-refractivity contribution in [1.82, 2.24) is 10.3 Å². The normalized spacial score (nSPS) is 10.6. The molecule has 3 aromatic rings. The molecular weight excluding hydrogens is 348 g/mol. The minimum atomic E-state index is 0.0226. The molecule has 1 amide bonds. The molecule has 0 saturated carbocycles. The van der Waals surface area contributed by atoms with E-state index in [9.17, 15) is 4.79 Å². The molecule has 0 fully saturated rings. The number of hydrogen-bond acceptors (Lipinski definition) is 4. The van der Waals surface area contributed by atoms with Gasteiger partial charge in [0, 0.05) is 28.1 Å². The molecule has 3 nitrogen and oxygen atoms in total. The summed E-state index contributed by atoms with van der Waals surface area (Å²) in [5.41, 5.74) is 3.16. The van der Waals surface area contributed by atoms with Crippen molar-refractivity contribution >= 4 is 29.0 Å². The summed E-state index contributed by atoms with van der Waals surface area (Å²) in [5.74, 6) is 0.885. The molecule has 128 valence electrons. The fourth-order valence-corrected chi connectivity index (χ4v) is 3.94. The molecular formula is C20H20N2OS2. The van der Waals surface area contributed by atoms with Crippen molar-refractivity contribution in [2.24, 2.45) is 0 Å². The average Bonchev–Trinajstić information content (AvgIpc) is 3.09. The molecule has 1 heterocycles. The lowest BCUT2D eigenvalue weighted by Gasteiger charge is -2.04. The van der Waals surface area contributed by atoms with Gasteiger partial charge >= 0.3 is 0 Å². The molecule has 1 aromatic heterocycles. The number of benzene rings is 2. The quantitative estimate of drug-likeness (QED) is 0.491. The lowest BCUT2D eigenvalue weighted by molar-refractivity contribution is -0.120. The second-order valence-electron chi connectivity index (χ2n) is 5.70. The molecule has 2 aromatic carbocycles. The van der Waals surface area contributed by atoms with Crippen LogP contribution in [0.5, 0.6) is 0 Å². The second kappa shape index (κ2) is 8.83. The maximum absolute atomic E-state index is 12.1. The highest BCUT2D eigenvalue weighted by molar-refractivity contribution is 7.99. The fourth-order valence-electron chi connectivity index (χ4n) is 2.32. The molecule has 0 aliphatic carbocycles. The lowest BCUT2D eigenvalue weighted by Crippen LogP contribution is -2.27. The van der Waals surface area contributed by atoms with Gasteiger partial charge in [0.25, 0.3) is 0 Å². The Kier molecular flexibility index (Phi) is 6.25. The summed E-state index contributed by atoms with van der Waals surface area (Å²) in [7, 11) is 0. The van der Waals surface area contributed by atoms with Crippen molar-refractivity contribution in [3.8, 4) is 10.6 Å². The summed E-state index contributed by atoms with van der Waals surface area (Å²) in [4.78, 5) is 17.9. The Bertz CT molecular complexity index is 813. The predicted octanol–water partition coefficient (Wildman–Crippen LogP) is 4.57. The molecule has 0 bridgehead atoms. The molecule has 25 heavy (non-hydrogen) atoms. The lowest BCUT2D eigenvalue weighted by atomic mass is 10.2. The Morgan fingerprint density at radius 3 is 2.64 bits per heavy atom. The Balaban J connectivity index is 1.44. The van der Waals surface area contributed by atoms with Crippen LogP contribution in [0.1, 0.15) is 11.3 Å². The largest absolute Gasteiger partial charge is 0.355 e. The molecule has 0 aliphatic rings. The molecule has 5 heteroatoms. The van der Waals surface area contributed by atoms with Gasteiger partial charge in [-0.05, 0) is 19.1 Å². The van der Waals surface area contributed by atoms with Crippen molar-refractivity contribution in [2.45, 2.75) is 18.2 Å². The zero-order chi connectivity index (χ0) is 17.5. The average molecular weight is 369 g/mol. The van der Waals surface area contributed by atoms with Gasteiger partial charge in [0.05, 0.1) is 12.1 Å². The number of amides is 1. The van der Waals surface area contributed by atoms with Gasteiger partial charge < -0.3 is 5.32 Å². The van der Waals surface area contributed by atoms with E-state index in [0.717, 1.165) is 22.0 Å². The zero-order valence-corrected chi connectivity index (χ0v) is 15.7. The van der Waals surface area contributed by atoms with Crippen LogP contribution < -0.4 is 5.32 Å². The first-order chi connectivity index (χ1) is 12.2. The highest BCUT2D eigenvalue weighted by Gasteiger charge is 2.08. The molecule has 3 rings (SSSR count). The Morgan fingerprint density at radius 2 is 1.88 bits per heavy atom. The van der Waals surface area contributed by atoms with Crippen LogP contribution in [0.15, 0.2) is 64.9 Å². The number of rotatable bonds is 7. The van der Waals surface area contributed by atoms with Crippen molar-refractivity contribution < 1.29 is 4.79 Å². The van der Waals surface area contributed by atoms with Crippen molar-refractivity contribution in [3.05, 3.63) is 71.2 Å². The maximum atomic E-state index is 12.1. The second-order valence-corrected chi connectivity index (χ2v) is 7.72. The van der Waals surface area contributed by atoms with Gasteiger partial charge in [0.15, 0.2) is 0 Å². The fraction of sp³-hybridized carbons (Fsp3) is 0.200. The number of aromatic nitrogens is 1. The first-order valence-electron chi connectivity index (χ1n) is 8.17. The SMILES string of the molecule is Cc1ccc(-c2nc(CC(=O)NCCSc3ccccc3)cs2)cc1. The first kappa shape index (κ1) is 17.7. The van der Waals surface area contributed by atoms with Crippen LogP contribution in [0.3, 0.4) is 0 Å². The number of hydrogen-bond donors (Lipinski definition) is 1. The number of nitrogens with zero attached hydrogens (tertiary/aromatic N) is 1. The summed E-state index contributed by atoms with van der Waals surface area (Å²) in [5, 5.41) is 5.89. The van der Waals surface area contributed by atoms with Crippen molar-refractivity contribution in [1.29, 1.82) is 0 Å². The van der Waals surface area contributed by atoms with E-state index < -0.39 is 0 Å². The van der Waals surface area contributed by atoms with Crippen LogP contribution in [0.4, 0.5) is 0 Å². The molecule has 0 atom stereocenters. The highest BCUT2D eigenvalue weighted by Crippen LogP contribution is 2.24. The Labute approximate surface area is 156 Å². The van der Waals surface area contributed by atoms with Gasteiger partial charge in [-0.3, -0.25) is 4.79 Å². The van der Waals surface area contributed by atoms with Crippen LogP contribution in [-0.2, 0) is 11.2 Å². The summed E-state index contributed by atoms with van der Waals surface area (Å²) < 4.78 is 0. The van der Waals surface area contributed by atoms with Gasteiger partial charge in [-0.2, -0.15) is 0 Å². The standard InChI is InChI=1S/C20H20N2OS2/c1-15-7-9-16(10-8-15)20-22-17(14-25-20)13-19(23)21-11-12-24-18-5-3-2-4-6-18/h2-10,14H,11-13H2,1H3,(H,21,23). The number of nitrogens with one attached hydrogen (secondary N) is 1. The van der Waals surface area contributed by atoms with E-state index in [0.29, 0.717) is 13.0 Å². The van der Waals surface area contributed by atoms with E-state index >= 15 is 0 Å². The van der Waals surface area contributed by atoms with E-state index in [1.54, 1.807) is 23.1 Å². The van der Waals surface area contributed by atoms with E-state index in [4.69, 9.17) is 0 Å². The van der Waals surface area contributed by atoms with Gasteiger partial charge in [-0.1, -0.05) is 48.0 Å². The van der Waals surface area contributed by atoms with Crippen molar-refractivity contribution in [2.75, 3.05) is 12.3 Å². The van der Waals surface area contributed by atoms with Gasteiger partial charge in [0.1, 0.15) is 5.01 Å². The van der Waals surface area contributed by atoms with Crippen LogP contribution in [0.2, 0.25) is 0 Å². The van der Waals surface area contributed by atoms with E-state index in [1.165, 1.54) is 10.5 Å². The summed E-state index contributed by atoms with van der Waals surface area (Å²) in [6.07, 6.45) is 0.332. The monoisotopic (exact) mass is 368 g/mol. The summed E-state index contributed by atoms with van der Waals surface area (Å²) >= 11 is 3.32. The minimum absolute atomic E-state index is 0.0226. The van der Waals surface area contributed by atoms with E-state index in [-0.39, 0.29) is 5.91 Å². The number of carbonyl (C=O) groups is 1. The predicted molar refractivity (Wildman–Crippen MR) is 106 cm³/mol. The van der Waals surface area contributed by atoms with Gasteiger partial charge in [0.2, 0.25) is 5.91 Å². The summed E-state index contributed by atoms with van der Waals surface area (Å²) in [6.45, 7) is 2.73. The van der Waals surface area contributed by atoms with Crippen molar-refractivity contribution in [3.63, 3.8) is 0 Å². The van der Waals surface area contributed by atoms with Crippen LogP contribution >= 0.6 is 23.1 Å². The molecule has 0 saturated heterocycles. The third-order valence-corrected chi connectivity index (χ3v) is 5.58. The highest BCUT2D eigenvalue weighted by atomic mass is 32.2. The number of aryl methyl sites for hydroxylation is 1. The first-order valence-corrected chi connectivity index (χ1v) is 10.0. The topological polar surface area (TPSA) is 42.0 Å². The molecule has 0 unspecified atom stereocenters. The molecule has 1 N–H and O–H groups in total. The zero-order valence-electron chi connectivity index (χ0n) is 14.1. The molecule has 0 spiro atoms. The number of carbonyl (C=O) groups excluding carboxylic acids is 1. The minimum Gasteiger partial charge on any atom is -0.355 e.